The maximum Gasteiger partial charge on any atom is 0.410 e. The smallest absolute Gasteiger partial charge is 0.410 e. The Balaban J connectivity index is 1.04. The molecule has 1 aromatic carbocycles. The lowest BCUT2D eigenvalue weighted by Gasteiger charge is -2.38. The Hall–Kier alpha value is -4.43. The van der Waals surface area contributed by atoms with E-state index in [1.165, 1.54) is 17.7 Å². The van der Waals surface area contributed by atoms with Crippen molar-refractivity contribution in [2.45, 2.75) is 88.4 Å². The van der Waals surface area contributed by atoms with E-state index in [2.05, 4.69) is 39.2 Å². The summed E-state index contributed by atoms with van der Waals surface area (Å²) in [5.74, 6) is 1.09. The lowest BCUT2D eigenvalue weighted by Crippen LogP contribution is -2.54. The van der Waals surface area contributed by atoms with Gasteiger partial charge < -0.3 is 24.4 Å². The number of aromatic nitrogens is 3. The fraction of sp³-hybridized carbons (Fsp3) is 0.541. The largest absolute Gasteiger partial charge is 0.494 e. The highest BCUT2D eigenvalue weighted by atomic mass is 16.6. The topological polar surface area (TPSA) is 134 Å². The molecule has 0 atom stereocenters. The molecule has 3 aliphatic carbocycles. The average Bonchev–Trinajstić information content (AvgIpc) is 3.84. The van der Waals surface area contributed by atoms with Crippen molar-refractivity contribution in [2.75, 3.05) is 31.6 Å². The lowest BCUT2D eigenvalue weighted by molar-refractivity contribution is -0.124. The zero-order valence-corrected chi connectivity index (χ0v) is 27.5. The SMILES string of the molecule is COc1ccc([C@H]2CC[C@H](CN(c3cccc(-c4cnn(C5CC5)c4)c3)C(=O)[C@H]3CC[C@H](OC(=O)N4CC(O)C4)CC3)CC2)nc1C#N. The quantitative estimate of drug-likeness (QED) is 0.305. The summed E-state index contributed by atoms with van der Waals surface area (Å²) in [5.41, 5.74) is 4.25. The maximum absolute atomic E-state index is 14.4. The van der Waals surface area contributed by atoms with Crippen LogP contribution in [0.15, 0.2) is 48.8 Å². The van der Waals surface area contributed by atoms with Gasteiger partial charge in [-0.25, -0.2) is 9.78 Å². The zero-order valence-electron chi connectivity index (χ0n) is 27.5. The molecule has 48 heavy (non-hydrogen) atoms. The molecule has 0 bridgehead atoms. The van der Waals surface area contributed by atoms with Gasteiger partial charge in [-0.1, -0.05) is 12.1 Å². The average molecular weight is 653 g/mol. The van der Waals surface area contributed by atoms with Crippen LogP contribution in [0.1, 0.15) is 87.6 Å². The second-order valence-electron chi connectivity index (χ2n) is 14.0. The molecule has 4 fully saturated rings. The van der Waals surface area contributed by atoms with Gasteiger partial charge in [0.25, 0.3) is 0 Å². The van der Waals surface area contributed by atoms with E-state index in [9.17, 15) is 20.0 Å². The first-order chi connectivity index (χ1) is 23.4. The zero-order chi connectivity index (χ0) is 33.2. The summed E-state index contributed by atoms with van der Waals surface area (Å²) in [6.45, 7) is 1.28. The van der Waals surface area contributed by atoms with Crippen LogP contribution in [-0.2, 0) is 9.53 Å². The lowest BCUT2D eigenvalue weighted by atomic mass is 9.79. The third kappa shape index (κ3) is 7.04. The van der Waals surface area contributed by atoms with E-state index in [-0.39, 0.29) is 29.9 Å². The van der Waals surface area contributed by atoms with Crippen LogP contribution in [0, 0.1) is 23.2 Å². The first-order valence-corrected chi connectivity index (χ1v) is 17.4. The number of nitrogens with zero attached hydrogens (tertiary/aromatic N) is 6. The number of rotatable bonds is 9. The Kier molecular flexibility index (Phi) is 9.35. The number of hydrogen-bond donors (Lipinski definition) is 1. The number of aliphatic hydroxyl groups excluding tert-OH is 1. The maximum atomic E-state index is 14.4. The van der Waals surface area contributed by atoms with Gasteiger partial charge in [0.1, 0.15) is 12.2 Å². The van der Waals surface area contributed by atoms with Crippen molar-refractivity contribution in [3.63, 3.8) is 0 Å². The summed E-state index contributed by atoms with van der Waals surface area (Å²) in [6.07, 6.45) is 11.8. The predicted octanol–water partition coefficient (Wildman–Crippen LogP) is 5.84. The fourth-order valence-electron chi connectivity index (χ4n) is 7.50. The van der Waals surface area contributed by atoms with Crippen molar-refractivity contribution in [1.82, 2.24) is 19.7 Å². The van der Waals surface area contributed by atoms with Gasteiger partial charge >= 0.3 is 6.09 Å². The summed E-state index contributed by atoms with van der Waals surface area (Å²) < 4.78 is 13.1. The standard InChI is InChI=1S/C37H44N6O5/c1-47-35-16-15-33(40-34(35)18-38)25-7-5-24(6-8-25)20-42(30-4-2-3-27(17-30)28-19-39-43(21-28)29-11-12-29)36(45)26-9-13-32(14-10-26)48-37(46)41-22-31(44)23-41/h2-4,15-17,19,21,24-26,29,31-32,44H,5-14,20,22-23H2,1H3/t24-,25-,26-,32-. The van der Waals surface area contributed by atoms with Crippen LogP contribution >= 0.6 is 0 Å². The van der Waals surface area contributed by atoms with Crippen molar-refractivity contribution < 1.29 is 24.2 Å². The fourth-order valence-corrected chi connectivity index (χ4v) is 7.50. The molecule has 0 radical (unpaired) electrons. The number of aliphatic hydroxyl groups is 1. The summed E-state index contributed by atoms with van der Waals surface area (Å²) >= 11 is 0. The Morgan fingerprint density at radius 2 is 1.77 bits per heavy atom. The van der Waals surface area contributed by atoms with Crippen LogP contribution < -0.4 is 9.64 Å². The van der Waals surface area contributed by atoms with Gasteiger partial charge in [0.15, 0.2) is 11.4 Å². The number of hydrogen-bond acceptors (Lipinski definition) is 8. The van der Waals surface area contributed by atoms with Crippen LogP contribution in [-0.4, -0.2) is 75.7 Å². The van der Waals surface area contributed by atoms with Crippen molar-refractivity contribution in [1.29, 1.82) is 5.26 Å². The molecule has 2 aromatic heterocycles. The molecule has 7 rings (SSSR count). The van der Waals surface area contributed by atoms with E-state index in [4.69, 9.17) is 9.47 Å². The molecule has 0 spiro atoms. The number of methoxy groups -OCH3 is 1. The van der Waals surface area contributed by atoms with Crippen LogP contribution in [0.5, 0.6) is 5.75 Å². The van der Waals surface area contributed by atoms with Gasteiger partial charge in [0, 0.05) is 41.5 Å². The highest BCUT2D eigenvalue weighted by Gasteiger charge is 2.36. The molecule has 3 saturated carbocycles. The molecule has 1 N–H and O–H groups in total. The number of pyridine rings is 1. The Labute approximate surface area is 281 Å². The summed E-state index contributed by atoms with van der Waals surface area (Å²) in [5, 5.41) is 23.6. The number of nitriles is 1. The molecule has 1 saturated heterocycles. The van der Waals surface area contributed by atoms with Gasteiger partial charge in [0.05, 0.1) is 38.5 Å². The van der Waals surface area contributed by atoms with E-state index in [0.717, 1.165) is 48.2 Å². The van der Waals surface area contributed by atoms with Crippen LogP contribution in [0.25, 0.3) is 11.1 Å². The molecule has 11 heteroatoms. The Morgan fingerprint density at radius 1 is 1.00 bits per heavy atom. The first-order valence-electron chi connectivity index (χ1n) is 17.4. The highest BCUT2D eigenvalue weighted by Crippen LogP contribution is 2.39. The monoisotopic (exact) mass is 652 g/mol. The summed E-state index contributed by atoms with van der Waals surface area (Å²) in [7, 11) is 1.55. The van der Waals surface area contributed by atoms with E-state index >= 15 is 0 Å². The molecule has 4 aliphatic rings. The summed E-state index contributed by atoms with van der Waals surface area (Å²) in [6, 6.07) is 14.7. The molecule has 2 amide bonds. The molecule has 0 unspecified atom stereocenters. The van der Waals surface area contributed by atoms with Crippen molar-refractivity contribution in [3.8, 4) is 22.9 Å². The molecule has 1 aliphatic heterocycles. The van der Waals surface area contributed by atoms with Gasteiger partial charge in [-0.15, -0.1) is 0 Å². The van der Waals surface area contributed by atoms with Crippen molar-refractivity contribution in [2.24, 2.45) is 11.8 Å². The molecular formula is C37H44N6O5. The molecule has 3 heterocycles. The number of β-amino-alcohol motifs (C(OH)–C–C–N with tert-alkyl or cyclic N) is 1. The predicted molar refractivity (Wildman–Crippen MR) is 178 cm³/mol. The summed E-state index contributed by atoms with van der Waals surface area (Å²) in [4.78, 5) is 34.9. The van der Waals surface area contributed by atoms with Gasteiger partial charge in [-0.05, 0) is 100.0 Å². The van der Waals surface area contributed by atoms with E-state index < -0.39 is 6.10 Å². The molecule has 252 valence electrons. The second kappa shape index (κ2) is 14.0. The third-order valence-corrected chi connectivity index (χ3v) is 10.6. The normalized spacial score (nSPS) is 24.3. The molecule has 3 aromatic rings. The Morgan fingerprint density at radius 3 is 2.46 bits per heavy atom. The number of benzene rings is 1. The minimum absolute atomic E-state index is 0.133. The number of ether oxygens (including phenoxy) is 2. The van der Waals surface area contributed by atoms with Crippen LogP contribution in [0.4, 0.5) is 10.5 Å². The second-order valence-corrected chi connectivity index (χ2v) is 14.0. The van der Waals surface area contributed by atoms with Gasteiger partial charge in [-0.3, -0.25) is 9.48 Å². The highest BCUT2D eigenvalue weighted by molar-refractivity contribution is 5.95. The number of likely N-dealkylation sites (tertiary alicyclic amines) is 1. The van der Waals surface area contributed by atoms with Crippen LogP contribution in [0.3, 0.4) is 0 Å². The number of amides is 2. The number of carbonyl (C=O) groups excluding carboxylic acids is 2. The van der Waals surface area contributed by atoms with Crippen molar-refractivity contribution >= 4 is 17.7 Å². The minimum atomic E-state index is -0.463. The van der Waals surface area contributed by atoms with E-state index in [1.54, 1.807) is 7.11 Å². The Bertz CT molecular complexity index is 1660. The third-order valence-electron chi connectivity index (χ3n) is 10.6. The molecule has 11 nitrogen and oxygen atoms in total. The first kappa shape index (κ1) is 32.1. The van der Waals surface area contributed by atoms with Crippen LogP contribution in [0.2, 0.25) is 0 Å². The van der Waals surface area contributed by atoms with E-state index in [1.807, 2.05) is 35.4 Å². The van der Waals surface area contributed by atoms with Gasteiger partial charge in [-0.2, -0.15) is 10.4 Å². The van der Waals surface area contributed by atoms with E-state index in [0.29, 0.717) is 68.7 Å². The number of carbonyl (C=O) groups is 2. The molecular weight excluding hydrogens is 608 g/mol. The minimum Gasteiger partial charge on any atom is -0.494 e. The van der Waals surface area contributed by atoms with Crippen molar-refractivity contribution in [3.05, 3.63) is 60.2 Å². The van der Waals surface area contributed by atoms with Gasteiger partial charge in [0.2, 0.25) is 5.91 Å². The number of anilines is 1.